The van der Waals surface area contributed by atoms with E-state index in [1.54, 1.807) is 6.26 Å². The molecule has 0 saturated heterocycles. The molecule has 1 N–H and O–H groups in total. The van der Waals surface area contributed by atoms with Gasteiger partial charge in [-0.15, -0.1) is 0 Å². The van der Waals surface area contributed by atoms with Crippen LogP contribution in [0, 0.1) is 0 Å². The van der Waals surface area contributed by atoms with Crippen LogP contribution < -0.4 is 5.32 Å². The van der Waals surface area contributed by atoms with Crippen LogP contribution in [0.2, 0.25) is 0 Å². The highest BCUT2D eigenvalue weighted by Gasteiger charge is 2.01. The number of furan rings is 1. The van der Waals surface area contributed by atoms with Gasteiger partial charge in [-0.2, -0.15) is 0 Å². The van der Waals surface area contributed by atoms with Crippen LogP contribution >= 0.6 is 0 Å². The Morgan fingerprint density at radius 2 is 2.27 bits per heavy atom. The first-order valence-corrected chi connectivity index (χ1v) is 5.63. The third kappa shape index (κ3) is 5.60. The fourth-order valence-electron chi connectivity index (χ4n) is 1.49. The summed E-state index contributed by atoms with van der Waals surface area (Å²) in [5.41, 5.74) is 0. The van der Waals surface area contributed by atoms with Gasteiger partial charge in [-0.1, -0.05) is 13.8 Å². The van der Waals surface area contributed by atoms with Crippen molar-refractivity contribution in [3.63, 3.8) is 0 Å². The first-order valence-electron chi connectivity index (χ1n) is 5.63. The Labute approximate surface area is 92.5 Å². The van der Waals surface area contributed by atoms with Crippen molar-refractivity contribution in [2.24, 2.45) is 0 Å². The number of rotatable bonds is 7. The van der Waals surface area contributed by atoms with E-state index < -0.39 is 0 Å². The van der Waals surface area contributed by atoms with E-state index in [1.807, 2.05) is 12.1 Å². The van der Waals surface area contributed by atoms with Crippen molar-refractivity contribution in [3.05, 3.63) is 24.2 Å². The summed E-state index contributed by atoms with van der Waals surface area (Å²) in [5, 5.41) is 3.41. The highest BCUT2D eigenvalue weighted by Crippen LogP contribution is 2.03. The molecular weight excluding hydrogens is 188 g/mol. The molecule has 1 rings (SSSR count). The minimum Gasteiger partial charge on any atom is -0.468 e. The van der Waals surface area contributed by atoms with Crippen molar-refractivity contribution >= 4 is 0 Å². The van der Waals surface area contributed by atoms with E-state index in [0.717, 1.165) is 25.4 Å². The van der Waals surface area contributed by atoms with E-state index in [1.165, 1.54) is 6.42 Å². The standard InChI is InChI=1S/C12H22N2O/c1-11(2)13-7-5-8-14(3)10-12-6-4-9-15-12/h4,6,9,11,13H,5,7-8,10H2,1-3H3. The molecule has 3 heteroatoms. The molecule has 1 aromatic rings. The van der Waals surface area contributed by atoms with Gasteiger partial charge >= 0.3 is 0 Å². The van der Waals surface area contributed by atoms with Crippen LogP contribution in [-0.4, -0.2) is 31.1 Å². The third-order valence-corrected chi connectivity index (χ3v) is 2.28. The predicted octanol–water partition coefficient (Wildman–Crippen LogP) is 2.10. The summed E-state index contributed by atoms with van der Waals surface area (Å²) < 4.78 is 5.29. The topological polar surface area (TPSA) is 28.4 Å². The summed E-state index contributed by atoms with van der Waals surface area (Å²) >= 11 is 0. The number of hydrogen-bond acceptors (Lipinski definition) is 3. The monoisotopic (exact) mass is 210 g/mol. The van der Waals surface area contributed by atoms with Gasteiger partial charge in [0.05, 0.1) is 12.8 Å². The van der Waals surface area contributed by atoms with E-state index >= 15 is 0 Å². The number of hydrogen-bond donors (Lipinski definition) is 1. The molecule has 0 bridgehead atoms. The Balaban J connectivity index is 2.06. The van der Waals surface area contributed by atoms with Crippen LogP contribution in [-0.2, 0) is 6.54 Å². The van der Waals surface area contributed by atoms with Gasteiger partial charge < -0.3 is 9.73 Å². The SMILES string of the molecule is CC(C)NCCCN(C)Cc1ccco1. The van der Waals surface area contributed by atoms with Crippen molar-refractivity contribution in [1.29, 1.82) is 0 Å². The Bertz CT molecular complexity index is 244. The molecular formula is C12H22N2O. The molecule has 0 atom stereocenters. The lowest BCUT2D eigenvalue weighted by Crippen LogP contribution is -2.27. The van der Waals surface area contributed by atoms with Crippen LogP contribution in [0.3, 0.4) is 0 Å². The quantitative estimate of drug-likeness (QED) is 0.699. The van der Waals surface area contributed by atoms with Gasteiger partial charge in [0.15, 0.2) is 0 Å². The molecule has 0 aliphatic heterocycles. The van der Waals surface area contributed by atoms with Crippen molar-refractivity contribution in [3.8, 4) is 0 Å². The van der Waals surface area contributed by atoms with E-state index in [0.29, 0.717) is 6.04 Å². The first-order chi connectivity index (χ1) is 7.18. The Morgan fingerprint density at radius 3 is 2.87 bits per heavy atom. The zero-order chi connectivity index (χ0) is 11.1. The highest BCUT2D eigenvalue weighted by atomic mass is 16.3. The highest BCUT2D eigenvalue weighted by molar-refractivity contribution is 4.97. The molecule has 0 saturated carbocycles. The molecule has 1 heterocycles. The molecule has 0 amide bonds. The minimum absolute atomic E-state index is 0.584. The lowest BCUT2D eigenvalue weighted by molar-refractivity contribution is 0.289. The molecule has 0 fully saturated rings. The van der Waals surface area contributed by atoms with Gasteiger partial charge in [-0.25, -0.2) is 0 Å². The van der Waals surface area contributed by atoms with Crippen LogP contribution in [0.15, 0.2) is 22.8 Å². The van der Waals surface area contributed by atoms with Crippen LogP contribution in [0.1, 0.15) is 26.0 Å². The first kappa shape index (κ1) is 12.3. The largest absolute Gasteiger partial charge is 0.468 e. The van der Waals surface area contributed by atoms with E-state index in [9.17, 15) is 0 Å². The van der Waals surface area contributed by atoms with Gasteiger partial charge in [0.25, 0.3) is 0 Å². The molecule has 0 aliphatic rings. The Hall–Kier alpha value is -0.800. The van der Waals surface area contributed by atoms with Gasteiger partial charge in [0.1, 0.15) is 5.76 Å². The normalized spacial score (nSPS) is 11.5. The lowest BCUT2D eigenvalue weighted by Gasteiger charge is -2.15. The van der Waals surface area contributed by atoms with Crippen molar-refractivity contribution in [1.82, 2.24) is 10.2 Å². The zero-order valence-electron chi connectivity index (χ0n) is 9.99. The average molecular weight is 210 g/mol. The van der Waals surface area contributed by atoms with Crippen LogP contribution in [0.25, 0.3) is 0 Å². The second kappa shape index (κ2) is 6.64. The smallest absolute Gasteiger partial charge is 0.117 e. The van der Waals surface area contributed by atoms with Crippen molar-refractivity contribution in [2.45, 2.75) is 32.9 Å². The van der Waals surface area contributed by atoms with Gasteiger partial charge in [0, 0.05) is 6.04 Å². The second-order valence-corrected chi connectivity index (χ2v) is 4.28. The maximum Gasteiger partial charge on any atom is 0.117 e. The van der Waals surface area contributed by atoms with Gasteiger partial charge in [-0.3, -0.25) is 4.90 Å². The summed E-state index contributed by atoms with van der Waals surface area (Å²) in [7, 11) is 2.12. The van der Waals surface area contributed by atoms with Crippen LogP contribution in [0.4, 0.5) is 0 Å². The summed E-state index contributed by atoms with van der Waals surface area (Å²) in [6.07, 6.45) is 2.90. The van der Waals surface area contributed by atoms with Crippen molar-refractivity contribution < 1.29 is 4.42 Å². The lowest BCUT2D eigenvalue weighted by atomic mass is 10.3. The van der Waals surface area contributed by atoms with E-state index in [-0.39, 0.29) is 0 Å². The maximum atomic E-state index is 5.29. The molecule has 0 unspecified atom stereocenters. The second-order valence-electron chi connectivity index (χ2n) is 4.28. The van der Waals surface area contributed by atoms with Crippen molar-refractivity contribution in [2.75, 3.05) is 20.1 Å². The summed E-state index contributed by atoms with van der Waals surface area (Å²) in [5.74, 6) is 1.04. The van der Waals surface area contributed by atoms with Gasteiger partial charge in [0.2, 0.25) is 0 Å². The summed E-state index contributed by atoms with van der Waals surface area (Å²) in [6.45, 7) is 7.42. The van der Waals surface area contributed by atoms with Gasteiger partial charge in [-0.05, 0) is 38.7 Å². The number of nitrogens with one attached hydrogen (secondary N) is 1. The molecule has 3 nitrogen and oxygen atoms in total. The average Bonchev–Trinajstić information content (AvgIpc) is 2.64. The molecule has 15 heavy (non-hydrogen) atoms. The van der Waals surface area contributed by atoms with E-state index in [2.05, 4.69) is 31.1 Å². The van der Waals surface area contributed by atoms with E-state index in [4.69, 9.17) is 4.42 Å². The number of nitrogens with zero attached hydrogens (tertiary/aromatic N) is 1. The molecule has 0 radical (unpaired) electrons. The molecule has 0 spiro atoms. The summed E-state index contributed by atoms with van der Waals surface area (Å²) in [4.78, 5) is 2.28. The Kier molecular flexibility index (Phi) is 5.43. The van der Waals surface area contributed by atoms with Crippen LogP contribution in [0.5, 0.6) is 0 Å². The zero-order valence-corrected chi connectivity index (χ0v) is 9.99. The third-order valence-electron chi connectivity index (χ3n) is 2.28. The molecule has 86 valence electrons. The summed E-state index contributed by atoms with van der Waals surface area (Å²) in [6, 6.07) is 4.53. The molecule has 0 aliphatic carbocycles. The minimum atomic E-state index is 0.584. The Morgan fingerprint density at radius 1 is 1.47 bits per heavy atom. The molecule has 0 aromatic carbocycles. The fraction of sp³-hybridized carbons (Fsp3) is 0.667. The predicted molar refractivity (Wildman–Crippen MR) is 62.8 cm³/mol. The molecule has 1 aromatic heterocycles. The fourth-order valence-corrected chi connectivity index (χ4v) is 1.49. The maximum absolute atomic E-state index is 5.29.